The molecule has 4 nitrogen and oxygen atoms in total. The van der Waals surface area contributed by atoms with Crippen molar-refractivity contribution in [3.8, 4) is 16.8 Å². The predicted octanol–water partition coefficient (Wildman–Crippen LogP) is 3.55. The van der Waals surface area contributed by atoms with Crippen LogP contribution in [0.15, 0.2) is 60.9 Å². The molecule has 1 N–H and O–H groups in total. The third-order valence-electron chi connectivity index (χ3n) is 3.32. The number of nitrogens with zero attached hydrogens (tertiary/aromatic N) is 2. The second-order valence-corrected chi connectivity index (χ2v) is 4.86. The van der Waals surface area contributed by atoms with Gasteiger partial charge in [-0.15, -0.1) is 0 Å². The lowest BCUT2D eigenvalue weighted by atomic mass is 10.00. The van der Waals surface area contributed by atoms with Crippen LogP contribution in [-0.4, -0.2) is 20.9 Å². The van der Waals surface area contributed by atoms with Crippen molar-refractivity contribution in [1.82, 2.24) is 9.78 Å². The van der Waals surface area contributed by atoms with E-state index >= 15 is 0 Å². The summed E-state index contributed by atoms with van der Waals surface area (Å²) in [5, 5.41) is 13.6. The summed E-state index contributed by atoms with van der Waals surface area (Å²) in [6, 6.07) is 15.0. The zero-order valence-corrected chi connectivity index (χ0v) is 11.5. The van der Waals surface area contributed by atoms with Crippen LogP contribution in [-0.2, 0) is 0 Å². The normalized spacial score (nSPS) is 10.5. The van der Waals surface area contributed by atoms with Crippen molar-refractivity contribution in [2.45, 2.75) is 6.92 Å². The first-order chi connectivity index (χ1) is 10.1. The summed E-state index contributed by atoms with van der Waals surface area (Å²) in [7, 11) is 0. The first kappa shape index (κ1) is 13.1. The second kappa shape index (κ2) is 5.25. The van der Waals surface area contributed by atoms with Gasteiger partial charge in [-0.1, -0.05) is 35.9 Å². The molecule has 21 heavy (non-hydrogen) atoms. The van der Waals surface area contributed by atoms with Crippen LogP contribution in [0.3, 0.4) is 0 Å². The zero-order chi connectivity index (χ0) is 14.8. The van der Waals surface area contributed by atoms with Crippen molar-refractivity contribution in [3.05, 3.63) is 72.1 Å². The van der Waals surface area contributed by atoms with Crippen LogP contribution in [0.25, 0.3) is 16.8 Å². The maximum absolute atomic E-state index is 11.4. The molecular formula is C17H14N2O2. The molecule has 0 spiro atoms. The molecule has 0 aliphatic heterocycles. The minimum atomic E-state index is -0.933. The number of hydrogen-bond acceptors (Lipinski definition) is 2. The van der Waals surface area contributed by atoms with Gasteiger partial charge in [-0.2, -0.15) is 5.10 Å². The highest BCUT2D eigenvalue weighted by Crippen LogP contribution is 2.25. The molecule has 0 radical (unpaired) electrons. The molecular weight excluding hydrogens is 264 g/mol. The predicted molar refractivity (Wildman–Crippen MR) is 80.7 cm³/mol. The minimum Gasteiger partial charge on any atom is -0.478 e. The van der Waals surface area contributed by atoms with Gasteiger partial charge >= 0.3 is 5.97 Å². The Kier molecular flexibility index (Phi) is 3.28. The molecule has 0 bridgehead atoms. The van der Waals surface area contributed by atoms with E-state index in [1.165, 1.54) is 0 Å². The summed E-state index contributed by atoms with van der Waals surface area (Å²) in [5.41, 5.74) is 3.72. The van der Waals surface area contributed by atoms with Gasteiger partial charge in [0.25, 0.3) is 0 Å². The van der Waals surface area contributed by atoms with Gasteiger partial charge in [0.05, 0.1) is 17.4 Å². The molecule has 0 amide bonds. The third kappa shape index (κ3) is 2.56. The van der Waals surface area contributed by atoms with Crippen LogP contribution in [0.5, 0.6) is 0 Å². The number of rotatable bonds is 3. The molecule has 2 aromatic carbocycles. The molecule has 0 aliphatic rings. The van der Waals surface area contributed by atoms with Crippen LogP contribution in [0.2, 0.25) is 0 Å². The molecule has 3 rings (SSSR count). The number of carbonyl (C=O) groups is 1. The molecule has 1 aromatic heterocycles. The SMILES string of the molecule is Cc1ccc(C(=O)O)c(-c2cnn(-c3ccccc3)c2)c1. The van der Waals surface area contributed by atoms with E-state index in [4.69, 9.17) is 0 Å². The molecule has 0 saturated carbocycles. The molecule has 0 saturated heterocycles. The molecule has 0 aliphatic carbocycles. The van der Waals surface area contributed by atoms with E-state index in [2.05, 4.69) is 5.10 Å². The highest BCUT2D eigenvalue weighted by atomic mass is 16.4. The van der Waals surface area contributed by atoms with Crippen LogP contribution >= 0.6 is 0 Å². The lowest BCUT2D eigenvalue weighted by Gasteiger charge is -2.05. The van der Waals surface area contributed by atoms with Gasteiger partial charge < -0.3 is 5.11 Å². The Balaban J connectivity index is 2.08. The average molecular weight is 278 g/mol. The summed E-state index contributed by atoms with van der Waals surface area (Å²) in [4.78, 5) is 11.4. The number of para-hydroxylation sites is 1. The topological polar surface area (TPSA) is 55.1 Å². The Morgan fingerprint density at radius 2 is 1.90 bits per heavy atom. The maximum Gasteiger partial charge on any atom is 0.336 e. The Morgan fingerprint density at radius 3 is 2.62 bits per heavy atom. The maximum atomic E-state index is 11.4. The second-order valence-electron chi connectivity index (χ2n) is 4.86. The lowest BCUT2D eigenvalue weighted by Crippen LogP contribution is -1.99. The molecule has 3 aromatic rings. The van der Waals surface area contributed by atoms with Crippen LogP contribution in [0, 0.1) is 6.92 Å². The lowest BCUT2D eigenvalue weighted by molar-refractivity contribution is 0.0697. The van der Waals surface area contributed by atoms with E-state index in [9.17, 15) is 9.90 Å². The Morgan fingerprint density at radius 1 is 1.14 bits per heavy atom. The molecule has 1 heterocycles. The highest BCUT2D eigenvalue weighted by molar-refractivity contribution is 5.96. The van der Waals surface area contributed by atoms with Crippen molar-refractivity contribution in [2.75, 3.05) is 0 Å². The fourth-order valence-electron chi connectivity index (χ4n) is 2.27. The first-order valence-electron chi connectivity index (χ1n) is 6.59. The van der Waals surface area contributed by atoms with Gasteiger partial charge in [-0.05, 0) is 30.7 Å². The summed E-state index contributed by atoms with van der Waals surface area (Å²) in [6.45, 7) is 1.94. The first-order valence-corrected chi connectivity index (χ1v) is 6.59. The summed E-state index contributed by atoms with van der Waals surface area (Å²) in [6.07, 6.45) is 3.53. The fourth-order valence-corrected chi connectivity index (χ4v) is 2.27. The van der Waals surface area contributed by atoms with Gasteiger partial charge in [0, 0.05) is 11.8 Å². The Labute approximate surface area is 122 Å². The Hall–Kier alpha value is -2.88. The standard InChI is InChI=1S/C17H14N2O2/c1-12-7-8-15(17(20)21)16(9-12)13-10-18-19(11-13)14-5-3-2-4-6-14/h2-11H,1H3,(H,20,21). The van der Waals surface area contributed by atoms with Gasteiger partial charge in [-0.3, -0.25) is 0 Å². The number of carboxylic acid groups (broad SMARTS) is 1. The van der Waals surface area contributed by atoms with Crippen LogP contribution in [0.4, 0.5) is 0 Å². The van der Waals surface area contributed by atoms with Gasteiger partial charge in [-0.25, -0.2) is 9.48 Å². The van der Waals surface area contributed by atoms with E-state index in [1.807, 2.05) is 49.5 Å². The number of carboxylic acids is 1. The number of aromatic carboxylic acids is 1. The quantitative estimate of drug-likeness (QED) is 0.797. The molecule has 0 fully saturated rings. The highest BCUT2D eigenvalue weighted by Gasteiger charge is 2.13. The summed E-state index contributed by atoms with van der Waals surface area (Å²) in [5.74, 6) is -0.933. The van der Waals surface area contributed by atoms with E-state index in [-0.39, 0.29) is 5.56 Å². The van der Waals surface area contributed by atoms with Crippen LogP contribution in [0.1, 0.15) is 15.9 Å². The van der Waals surface area contributed by atoms with Crippen molar-refractivity contribution >= 4 is 5.97 Å². The van der Waals surface area contributed by atoms with Gasteiger partial charge in [0.15, 0.2) is 0 Å². The van der Waals surface area contributed by atoms with E-state index in [1.54, 1.807) is 23.0 Å². The Bertz CT molecular complexity index is 792. The average Bonchev–Trinajstić information content (AvgIpc) is 2.97. The van der Waals surface area contributed by atoms with E-state index in [0.29, 0.717) is 5.56 Å². The smallest absolute Gasteiger partial charge is 0.336 e. The van der Waals surface area contributed by atoms with Gasteiger partial charge in [0.1, 0.15) is 0 Å². The number of aromatic nitrogens is 2. The monoisotopic (exact) mass is 278 g/mol. The molecule has 0 unspecified atom stereocenters. The number of benzene rings is 2. The van der Waals surface area contributed by atoms with E-state index in [0.717, 1.165) is 16.8 Å². The molecule has 4 heteroatoms. The van der Waals surface area contributed by atoms with Crippen molar-refractivity contribution in [2.24, 2.45) is 0 Å². The minimum absolute atomic E-state index is 0.285. The van der Waals surface area contributed by atoms with Crippen molar-refractivity contribution in [1.29, 1.82) is 0 Å². The van der Waals surface area contributed by atoms with Crippen molar-refractivity contribution < 1.29 is 9.90 Å². The summed E-state index contributed by atoms with van der Waals surface area (Å²) >= 11 is 0. The molecule has 104 valence electrons. The fraction of sp³-hybridized carbons (Fsp3) is 0.0588. The molecule has 0 atom stereocenters. The zero-order valence-electron chi connectivity index (χ0n) is 11.5. The number of hydrogen-bond donors (Lipinski definition) is 1. The van der Waals surface area contributed by atoms with Crippen molar-refractivity contribution in [3.63, 3.8) is 0 Å². The van der Waals surface area contributed by atoms with Crippen LogP contribution < -0.4 is 0 Å². The van der Waals surface area contributed by atoms with Gasteiger partial charge in [0.2, 0.25) is 0 Å². The summed E-state index contributed by atoms with van der Waals surface area (Å²) < 4.78 is 1.74. The third-order valence-corrected chi connectivity index (χ3v) is 3.32. The number of aryl methyl sites for hydroxylation is 1. The largest absolute Gasteiger partial charge is 0.478 e. The van der Waals surface area contributed by atoms with E-state index < -0.39 is 5.97 Å².